The molecule has 3 rings (SSSR count). The molecule has 0 unspecified atom stereocenters. The van der Waals surface area contributed by atoms with Crippen LogP contribution in [0, 0.1) is 10.1 Å². The largest absolute Gasteiger partial charge is 0.326 e. The molecule has 1 fully saturated rings. The van der Waals surface area contributed by atoms with E-state index in [1.165, 1.54) is 17.0 Å². The van der Waals surface area contributed by atoms with Crippen molar-refractivity contribution in [2.24, 2.45) is 0 Å². The zero-order valence-electron chi connectivity index (χ0n) is 15.2. The third-order valence-electron chi connectivity index (χ3n) is 4.10. The molecule has 1 aliphatic heterocycles. The second-order valence-corrected chi connectivity index (χ2v) is 7.88. The summed E-state index contributed by atoms with van der Waals surface area (Å²) in [6.07, 6.45) is 2.32. The average Bonchev–Trinajstić information content (AvgIpc) is 2.96. The third kappa shape index (κ3) is 5.49. The van der Waals surface area contributed by atoms with Gasteiger partial charge in [-0.05, 0) is 30.2 Å². The summed E-state index contributed by atoms with van der Waals surface area (Å²) in [6.45, 7) is 0.332. The number of amides is 2. The van der Waals surface area contributed by atoms with Crippen LogP contribution in [0.4, 0.5) is 11.4 Å². The molecule has 0 atom stereocenters. The van der Waals surface area contributed by atoms with E-state index < -0.39 is 4.92 Å². The molecule has 7 nitrogen and oxygen atoms in total. The van der Waals surface area contributed by atoms with Crippen LogP contribution in [0.5, 0.6) is 0 Å². The van der Waals surface area contributed by atoms with Gasteiger partial charge in [0, 0.05) is 30.8 Å². The van der Waals surface area contributed by atoms with E-state index in [2.05, 4.69) is 5.32 Å². The SMILES string of the molecule is O=C(CCCN1C(=O)/C(=C/c2cccc([N+](=O)[O-])c2)SC1=S)Nc1ccccc1. The summed E-state index contributed by atoms with van der Waals surface area (Å²) < 4.78 is 0.412. The van der Waals surface area contributed by atoms with Gasteiger partial charge in [0.25, 0.3) is 11.6 Å². The number of para-hydroxylation sites is 1. The molecule has 1 saturated heterocycles. The number of nitro benzene ring substituents is 1. The summed E-state index contributed by atoms with van der Waals surface area (Å²) >= 11 is 6.43. The minimum atomic E-state index is -0.483. The van der Waals surface area contributed by atoms with Gasteiger partial charge in [0.15, 0.2) is 0 Å². The second kappa shape index (κ2) is 9.44. The lowest BCUT2D eigenvalue weighted by molar-refractivity contribution is -0.384. The van der Waals surface area contributed by atoms with E-state index >= 15 is 0 Å². The Morgan fingerprint density at radius 1 is 1.21 bits per heavy atom. The maximum Gasteiger partial charge on any atom is 0.270 e. The number of rotatable bonds is 7. The standard InChI is InChI=1S/C20H17N3O4S2/c24-18(21-15-7-2-1-3-8-15)10-5-11-22-19(25)17(29-20(22)28)13-14-6-4-9-16(12-14)23(26)27/h1-4,6-9,12-13H,5,10-11H2,(H,21,24)/b17-13-. The molecule has 0 aliphatic carbocycles. The van der Waals surface area contributed by atoms with Crippen molar-refractivity contribution >= 4 is 57.6 Å². The summed E-state index contributed by atoms with van der Waals surface area (Å²) in [6, 6.07) is 15.2. The zero-order chi connectivity index (χ0) is 20.8. The Morgan fingerprint density at radius 3 is 2.69 bits per heavy atom. The van der Waals surface area contributed by atoms with Crippen LogP contribution in [0.3, 0.4) is 0 Å². The molecular weight excluding hydrogens is 410 g/mol. The fourth-order valence-corrected chi connectivity index (χ4v) is 4.02. The van der Waals surface area contributed by atoms with Crippen molar-refractivity contribution in [2.75, 3.05) is 11.9 Å². The van der Waals surface area contributed by atoms with Crippen LogP contribution in [0.1, 0.15) is 18.4 Å². The Balaban J connectivity index is 1.57. The smallest absolute Gasteiger partial charge is 0.270 e. The highest BCUT2D eigenvalue weighted by molar-refractivity contribution is 8.26. The number of anilines is 1. The van der Waals surface area contributed by atoms with Crippen molar-refractivity contribution in [3.05, 3.63) is 75.2 Å². The van der Waals surface area contributed by atoms with Gasteiger partial charge in [0.1, 0.15) is 4.32 Å². The highest BCUT2D eigenvalue weighted by Crippen LogP contribution is 2.33. The number of thiocarbonyl (C=S) groups is 1. The molecular formula is C20H17N3O4S2. The number of nitrogens with zero attached hydrogens (tertiary/aromatic N) is 2. The minimum absolute atomic E-state index is 0.0429. The number of carbonyl (C=O) groups excluding carboxylic acids is 2. The van der Waals surface area contributed by atoms with Crippen LogP contribution in [0.2, 0.25) is 0 Å². The van der Waals surface area contributed by atoms with E-state index in [4.69, 9.17) is 12.2 Å². The van der Waals surface area contributed by atoms with Gasteiger partial charge in [-0.15, -0.1) is 0 Å². The summed E-state index contributed by atoms with van der Waals surface area (Å²) in [7, 11) is 0. The Hall–Kier alpha value is -3.04. The van der Waals surface area contributed by atoms with Crippen molar-refractivity contribution in [3.63, 3.8) is 0 Å². The lowest BCUT2D eigenvalue weighted by atomic mass is 10.2. The van der Waals surface area contributed by atoms with Gasteiger partial charge < -0.3 is 5.32 Å². The Bertz CT molecular complexity index is 992. The molecule has 29 heavy (non-hydrogen) atoms. The Kier molecular flexibility index (Phi) is 6.73. The number of nitro groups is 1. The van der Waals surface area contributed by atoms with Gasteiger partial charge in [0.2, 0.25) is 5.91 Å². The van der Waals surface area contributed by atoms with Crippen LogP contribution in [0.15, 0.2) is 59.5 Å². The number of nitrogens with one attached hydrogen (secondary N) is 1. The third-order valence-corrected chi connectivity index (χ3v) is 5.47. The molecule has 1 N–H and O–H groups in total. The Labute approximate surface area is 176 Å². The van der Waals surface area contributed by atoms with Gasteiger partial charge in [-0.1, -0.05) is 54.3 Å². The van der Waals surface area contributed by atoms with Gasteiger partial charge in [0.05, 0.1) is 9.83 Å². The maximum absolute atomic E-state index is 12.6. The number of carbonyl (C=O) groups is 2. The van der Waals surface area contributed by atoms with Crippen LogP contribution in [-0.2, 0) is 9.59 Å². The summed E-state index contributed by atoms with van der Waals surface area (Å²) in [5.41, 5.74) is 1.24. The van der Waals surface area contributed by atoms with E-state index in [-0.39, 0.29) is 23.9 Å². The van der Waals surface area contributed by atoms with Crippen LogP contribution in [-0.4, -0.2) is 32.5 Å². The lowest BCUT2D eigenvalue weighted by Crippen LogP contribution is -2.29. The van der Waals surface area contributed by atoms with Crippen LogP contribution >= 0.6 is 24.0 Å². The summed E-state index contributed by atoms with van der Waals surface area (Å²) in [5, 5.41) is 13.7. The summed E-state index contributed by atoms with van der Waals surface area (Å²) in [5.74, 6) is -0.385. The molecule has 1 heterocycles. The van der Waals surface area contributed by atoms with Crippen molar-refractivity contribution < 1.29 is 14.5 Å². The number of benzene rings is 2. The first-order valence-electron chi connectivity index (χ1n) is 8.79. The molecule has 0 aromatic heterocycles. The van der Waals surface area contributed by atoms with E-state index in [0.717, 1.165) is 17.4 Å². The van der Waals surface area contributed by atoms with Crippen molar-refractivity contribution in [2.45, 2.75) is 12.8 Å². The molecule has 2 amide bonds. The van der Waals surface area contributed by atoms with E-state index in [1.54, 1.807) is 30.3 Å². The Morgan fingerprint density at radius 2 is 1.97 bits per heavy atom. The molecule has 148 valence electrons. The first-order chi connectivity index (χ1) is 13.9. The molecule has 0 bridgehead atoms. The molecule has 9 heteroatoms. The number of hydrogen-bond donors (Lipinski definition) is 1. The molecule has 0 spiro atoms. The fraction of sp³-hybridized carbons (Fsp3) is 0.150. The van der Waals surface area contributed by atoms with E-state index in [9.17, 15) is 19.7 Å². The van der Waals surface area contributed by atoms with Crippen LogP contribution in [0.25, 0.3) is 6.08 Å². The van der Waals surface area contributed by atoms with Gasteiger partial charge in [-0.25, -0.2) is 0 Å². The second-order valence-electron chi connectivity index (χ2n) is 6.20. The lowest BCUT2D eigenvalue weighted by Gasteiger charge is -2.14. The van der Waals surface area contributed by atoms with Crippen molar-refractivity contribution in [1.82, 2.24) is 4.90 Å². The van der Waals surface area contributed by atoms with Crippen LogP contribution < -0.4 is 5.32 Å². The van der Waals surface area contributed by atoms with E-state index in [1.807, 2.05) is 18.2 Å². The summed E-state index contributed by atoms with van der Waals surface area (Å²) in [4.78, 5) is 36.9. The number of non-ortho nitro benzene ring substituents is 1. The van der Waals surface area contributed by atoms with Gasteiger partial charge in [-0.2, -0.15) is 0 Å². The first kappa shape index (κ1) is 20.7. The highest BCUT2D eigenvalue weighted by Gasteiger charge is 2.31. The van der Waals surface area contributed by atoms with Crippen molar-refractivity contribution in [1.29, 1.82) is 0 Å². The minimum Gasteiger partial charge on any atom is -0.326 e. The normalized spacial score (nSPS) is 15.0. The van der Waals surface area contributed by atoms with Gasteiger partial charge >= 0.3 is 0 Å². The molecule has 2 aromatic rings. The predicted molar refractivity (Wildman–Crippen MR) is 117 cm³/mol. The molecule has 2 aromatic carbocycles. The van der Waals surface area contributed by atoms with Gasteiger partial charge in [-0.3, -0.25) is 24.6 Å². The number of hydrogen-bond acceptors (Lipinski definition) is 6. The molecule has 1 aliphatic rings. The van der Waals surface area contributed by atoms with Crippen molar-refractivity contribution in [3.8, 4) is 0 Å². The fourth-order valence-electron chi connectivity index (χ4n) is 2.71. The predicted octanol–water partition coefficient (Wildman–Crippen LogP) is 4.21. The average molecular weight is 428 g/mol. The zero-order valence-corrected chi connectivity index (χ0v) is 16.9. The monoisotopic (exact) mass is 427 g/mol. The molecule has 0 saturated carbocycles. The topological polar surface area (TPSA) is 92.5 Å². The number of thioether (sulfide) groups is 1. The molecule has 0 radical (unpaired) electrons. The highest BCUT2D eigenvalue weighted by atomic mass is 32.2. The first-order valence-corrected chi connectivity index (χ1v) is 10.0. The van der Waals surface area contributed by atoms with E-state index in [0.29, 0.717) is 27.8 Å². The quantitative estimate of drug-likeness (QED) is 0.308. The maximum atomic E-state index is 12.6.